The first-order chi connectivity index (χ1) is 13.6. The van der Waals surface area contributed by atoms with Gasteiger partial charge in [-0.1, -0.05) is 30.3 Å². The monoisotopic (exact) mass is 369 g/mol. The van der Waals surface area contributed by atoms with Gasteiger partial charge < -0.3 is 0 Å². The minimum Gasteiger partial charge on any atom is -0.277 e. The van der Waals surface area contributed by atoms with Gasteiger partial charge in [0, 0.05) is 31.2 Å². The molecule has 2 amide bonds. The summed E-state index contributed by atoms with van der Waals surface area (Å²) in [5, 5.41) is 5.34. The van der Waals surface area contributed by atoms with E-state index in [-0.39, 0.29) is 11.8 Å². The minimum absolute atomic E-state index is 0.310. The maximum absolute atomic E-state index is 12.8. The second-order valence-electron chi connectivity index (χ2n) is 6.65. The van der Waals surface area contributed by atoms with Crippen LogP contribution in [0.25, 0.3) is 22.3 Å². The van der Waals surface area contributed by atoms with Crippen molar-refractivity contribution in [2.75, 3.05) is 7.05 Å². The zero-order chi connectivity index (χ0) is 19.3. The smallest absolute Gasteiger partial charge is 0.262 e. The summed E-state index contributed by atoms with van der Waals surface area (Å²) in [5.74, 6) is -0.681. The standard InChI is InChI=1S/C21H15N5O2/c1-25-20(27)15-11-23-19-17(16(15)21(25)28)18(14-8-5-9-22-10-14)24-26(19)12-13-6-3-2-4-7-13/h2-11H,12H2,1H3. The Kier molecular flexibility index (Phi) is 3.55. The van der Waals surface area contributed by atoms with Crippen LogP contribution < -0.4 is 0 Å². The first kappa shape index (κ1) is 16.3. The van der Waals surface area contributed by atoms with Crippen LogP contribution in [0.15, 0.2) is 61.1 Å². The second kappa shape index (κ2) is 6.09. The summed E-state index contributed by atoms with van der Waals surface area (Å²) < 4.78 is 1.77. The number of carbonyl (C=O) groups is 2. The lowest BCUT2D eigenvalue weighted by molar-refractivity contribution is 0.0693. The van der Waals surface area contributed by atoms with Gasteiger partial charge in [-0.05, 0) is 17.7 Å². The van der Waals surface area contributed by atoms with Crippen molar-refractivity contribution in [2.24, 2.45) is 0 Å². The molecule has 0 N–H and O–H groups in total. The fourth-order valence-corrected chi connectivity index (χ4v) is 3.54. The Hall–Kier alpha value is -3.87. The van der Waals surface area contributed by atoms with E-state index in [1.807, 2.05) is 42.5 Å². The van der Waals surface area contributed by atoms with E-state index < -0.39 is 0 Å². The SMILES string of the molecule is CN1C(=O)c2cnc3c(c(-c4cccnc4)nn3Cc3ccccc3)c2C1=O. The van der Waals surface area contributed by atoms with E-state index in [2.05, 4.69) is 9.97 Å². The average molecular weight is 369 g/mol. The summed E-state index contributed by atoms with van der Waals surface area (Å²) in [7, 11) is 1.48. The van der Waals surface area contributed by atoms with Crippen LogP contribution >= 0.6 is 0 Å². The summed E-state index contributed by atoms with van der Waals surface area (Å²) in [6.45, 7) is 0.501. The molecule has 0 saturated carbocycles. The van der Waals surface area contributed by atoms with E-state index in [0.717, 1.165) is 16.0 Å². The van der Waals surface area contributed by atoms with Crippen LogP contribution in [0.1, 0.15) is 26.3 Å². The van der Waals surface area contributed by atoms with Crippen molar-refractivity contribution >= 4 is 22.8 Å². The fourth-order valence-electron chi connectivity index (χ4n) is 3.54. The highest BCUT2D eigenvalue weighted by atomic mass is 16.2. The predicted octanol–water partition coefficient (Wildman–Crippen LogP) is 2.77. The molecule has 0 fully saturated rings. The second-order valence-corrected chi connectivity index (χ2v) is 6.65. The molecule has 1 aliphatic heterocycles. The summed E-state index contributed by atoms with van der Waals surface area (Å²) in [6, 6.07) is 13.6. The van der Waals surface area contributed by atoms with Crippen LogP contribution in [0.3, 0.4) is 0 Å². The van der Waals surface area contributed by atoms with Gasteiger partial charge in [-0.15, -0.1) is 0 Å². The maximum atomic E-state index is 12.8. The molecule has 4 heterocycles. The van der Waals surface area contributed by atoms with Crippen molar-refractivity contribution in [2.45, 2.75) is 6.54 Å². The average Bonchev–Trinajstić information content (AvgIpc) is 3.21. The van der Waals surface area contributed by atoms with Gasteiger partial charge in [0.25, 0.3) is 11.8 Å². The molecule has 5 rings (SSSR count). The molecule has 0 radical (unpaired) electrons. The Morgan fingerprint density at radius 2 is 1.79 bits per heavy atom. The number of hydrogen-bond acceptors (Lipinski definition) is 5. The molecule has 0 aliphatic carbocycles. The number of imide groups is 1. The van der Waals surface area contributed by atoms with Crippen LogP contribution in [-0.2, 0) is 6.54 Å². The molecule has 4 aromatic rings. The molecule has 3 aromatic heterocycles. The highest BCUT2D eigenvalue weighted by Crippen LogP contribution is 2.35. The molecule has 7 nitrogen and oxygen atoms in total. The molecule has 0 unspecified atom stereocenters. The van der Waals surface area contributed by atoms with Crippen LogP contribution in [0.4, 0.5) is 0 Å². The van der Waals surface area contributed by atoms with Gasteiger partial charge in [-0.2, -0.15) is 5.10 Å². The van der Waals surface area contributed by atoms with Crippen LogP contribution in [0, 0.1) is 0 Å². The quantitative estimate of drug-likeness (QED) is 0.519. The molecule has 1 aromatic carbocycles. The molecule has 0 saturated heterocycles. The summed E-state index contributed by atoms with van der Waals surface area (Å²) in [6.07, 6.45) is 4.84. The molecule has 1 aliphatic rings. The predicted molar refractivity (Wildman–Crippen MR) is 103 cm³/mol. The summed E-state index contributed by atoms with van der Waals surface area (Å²) >= 11 is 0. The molecule has 28 heavy (non-hydrogen) atoms. The molecule has 7 heteroatoms. The first-order valence-corrected chi connectivity index (χ1v) is 8.81. The Morgan fingerprint density at radius 1 is 0.964 bits per heavy atom. The number of nitrogens with zero attached hydrogens (tertiary/aromatic N) is 5. The summed E-state index contributed by atoms with van der Waals surface area (Å²) in [5.41, 5.74) is 3.66. The number of amides is 2. The van der Waals surface area contributed by atoms with Gasteiger partial charge in [-0.3, -0.25) is 19.5 Å². The summed E-state index contributed by atoms with van der Waals surface area (Å²) in [4.78, 5) is 35.0. The first-order valence-electron chi connectivity index (χ1n) is 8.81. The zero-order valence-corrected chi connectivity index (χ0v) is 15.0. The van der Waals surface area contributed by atoms with Crippen LogP contribution in [-0.4, -0.2) is 43.5 Å². The maximum Gasteiger partial charge on any atom is 0.262 e. The topological polar surface area (TPSA) is 81.0 Å². The van der Waals surface area contributed by atoms with E-state index in [0.29, 0.717) is 34.4 Å². The number of pyridine rings is 2. The van der Waals surface area contributed by atoms with Crippen molar-refractivity contribution in [1.29, 1.82) is 0 Å². The number of aromatic nitrogens is 4. The van der Waals surface area contributed by atoms with Crippen LogP contribution in [0.5, 0.6) is 0 Å². The van der Waals surface area contributed by atoms with Gasteiger partial charge in [0.1, 0.15) is 5.69 Å². The van der Waals surface area contributed by atoms with Gasteiger partial charge in [0.15, 0.2) is 5.65 Å². The van der Waals surface area contributed by atoms with Crippen molar-refractivity contribution in [1.82, 2.24) is 24.6 Å². The molecule has 0 bridgehead atoms. The number of fused-ring (bicyclic) bond motifs is 3. The molecular formula is C21H15N5O2. The molecule has 0 atom stereocenters. The molecule has 136 valence electrons. The third-order valence-corrected chi connectivity index (χ3v) is 4.92. The lowest BCUT2D eigenvalue weighted by Gasteiger charge is -2.04. The normalized spacial score (nSPS) is 13.4. The highest BCUT2D eigenvalue weighted by Gasteiger charge is 2.37. The fraction of sp³-hybridized carbons (Fsp3) is 0.0952. The van der Waals surface area contributed by atoms with Crippen molar-refractivity contribution < 1.29 is 9.59 Å². The largest absolute Gasteiger partial charge is 0.277 e. The minimum atomic E-state index is -0.345. The van der Waals surface area contributed by atoms with E-state index in [4.69, 9.17) is 5.10 Å². The lowest BCUT2D eigenvalue weighted by atomic mass is 10.0. The molecular weight excluding hydrogens is 354 g/mol. The number of benzene rings is 1. The molecule has 0 spiro atoms. The third kappa shape index (κ3) is 2.33. The van der Waals surface area contributed by atoms with Crippen molar-refractivity contribution in [3.05, 3.63) is 77.7 Å². The Balaban J connectivity index is 1.80. The zero-order valence-electron chi connectivity index (χ0n) is 15.0. The van der Waals surface area contributed by atoms with Gasteiger partial charge >= 0.3 is 0 Å². The van der Waals surface area contributed by atoms with Crippen molar-refractivity contribution in [3.63, 3.8) is 0 Å². The van der Waals surface area contributed by atoms with E-state index in [1.54, 1.807) is 17.1 Å². The number of hydrogen-bond donors (Lipinski definition) is 0. The Bertz CT molecular complexity index is 1230. The highest BCUT2D eigenvalue weighted by molar-refractivity contribution is 6.27. The third-order valence-electron chi connectivity index (χ3n) is 4.92. The number of carbonyl (C=O) groups excluding carboxylic acids is 2. The van der Waals surface area contributed by atoms with E-state index in [1.165, 1.54) is 13.2 Å². The van der Waals surface area contributed by atoms with E-state index >= 15 is 0 Å². The van der Waals surface area contributed by atoms with E-state index in [9.17, 15) is 9.59 Å². The Labute approximate surface area is 160 Å². The number of rotatable bonds is 3. The Morgan fingerprint density at radius 3 is 2.54 bits per heavy atom. The van der Waals surface area contributed by atoms with Crippen molar-refractivity contribution in [3.8, 4) is 11.3 Å². The van der Waals surface area contributed by atoms with Gasteiger partial charge in [0.05, 0.1) is 23.1 Å². The van der Waals surface area contributed by atoms with Crippen LogP contribution in [0.2, 0.25) is 0 Å². The van der Waals surface area contributed by atoms with Gasteiger partial charge in [0.2, 0.25) is 0 Å². The van der Waals surface area contributed by atoms with Gasteiger partial charge in [-0.25, -0.2) is 9.67 Å². The lowest BCUT2D eigenvalue weighted by Crippen LogP contribution is -2.24.